The maximum absolute atomic E-state index is 12.3. The number of aromatic nitrogens is 2. The van der Waals surface area contributed by atoms with Crippen LogP contribution < -0.4 is 5.32 Å². The predicted molar refractivity (Wildman–Crippen MR) is 85.8 cm³/mol. The number of urea groups is 1. The van der Waals surface area contributed by atoms with Crippen LogP contribution >= 0.6 is 0 Å². The zero-order valence-electron chi connectivity index (χ0n) is 13.3. The molecule has 1 atom stereocenters. The summed E-state index contributed by atoms with van der Waals surface area (Å²) in [5, 5.41) is 2.90. The summed E-state index contributed by atoms with van der Waals surface area (Å²) in [6.07, 6.45) is 7.92. The molecule has 2 fully saturated rings. The normalized spacial score (nSPS) is 22.2. The van der Waals surface area contributed by atoms with Crippen molar-refractivity contribution >= 4 is 11.7 Å². The fourth-order valence-corrected chi connectivity index (χ4v) is 3.30. The molecule has 1 aromatic rings. The third-order valence-electron chi connectivity index (χ3n) is 4.56. The molecule has 3 heterocycles. The van der Waals surface area contributed by atoms with Crippen LogP contribution in [0.5, 0.6) is 0 Å². The molecule has 2 saturated heterocycles. The van der Waals surface area contributed by atoms with Crippen molar-refractivity contribution in [3.8, 4) is 0 Å². The number of rotatable bonds is 4. The molecule has 1 aromatic heterocycles. The van der Waals surface area contributed by atoms with E-state index in [0.717, 1.165) is 38.3 Å². The summed E-state index contributed by atoms with van der Waals surface area (Å²) in [5.41, 5.74) is 0.671. The second kappa shape index (κ2) is 7.05. The molecule has 22 heavy (non-hydrogen) atoms. The van der Waals surface area contributed by atoms with Gasteiger partial charge in [0.2, 0.25) is 0 Å². The molecular formula is C16H25N5O. The molecule has 0 radical (unpaired) electrons. The Kier molecular flexibility index (Phi) is 4.87. The number of amides is 2. The second-order valence-electron chi connectivity index (χ2n) is 6.28. The number of likely N-dealkylation sites (tertiary alicyclic amines) is 2. The van der Waals surface area contributed by atoms with Gasteiger partial charge in [0.15, 0.2) is 0 Å². The zero-order chi connectivity index (χ0) is 15.4. The number of hydrogen-bond acceptors (Lipinski definition) is 4. The van der Waals surface area contributed by atoms with Gasteiger partial charge in [-0.05, 0) is 38.3 Å². The van der Waals surface area contributed by atoms with Crippen molar-refractivity contribution in [2.75, 3.05) is 38.0 Å². The number of carbonyl (C=O) groups is 1. The Balaban J connectivity index is 1.48. The maximum Gasteiger partial charge on any atom is 0.321 e. The molecule has 0 spiro atoms. The number of carbonyl (C=O) groups excluding carboxylic acids is 1. The van der Waals surface area contributed by atoms with Crippen molar-refractivity contribution in [3.63, 3.8) is 0 Å². The summed E-state index contributed by atoms with van der Waals surface area (Å²) in [7, 11) is 0. The first-order valence-corrected chi connectivity index (χ1v) is 8.34. The van der Waals surface area contributed by atoms with E-state index in [-0.39, 0.29) is 6.03 Å². The highest BCUT2D eigenvalue weighted by molar-refractivity contribution is 5.89. The summed E-state index contributed by atoms with van der Waals surface area (Å²) in [4.78, 5) is 25.2. The van der Waals surface area contributed by atoms with Crippen molar-refractivity contribution in [3.05, 3.63) is 18.2 Å². The molecule has 0 bridgehead atoms. The van der Waals surface area contributed by atoms with Gasteiger partial charge in [0, 0.05) is 26.1 Å². The van der Waals surface area contributed by atoms with Gasteiger partial charge in [0.05, 0.1) is 18.1 Å². The van der Waals surface area contributed by atoms with E-state index in [4.69, 9.17) is 0 Å². The van der Waals surface area contributed by atoms with Gasteiger partial charge in [-0.15, -0.1) is 0 Å². The quantitative estimate of drug-likeness (QED) is 0.924. The van der Waals surface area contributed by atoms with Crippen LogP contribution in [-0.2, 0) is 6.42 Å². The number of anilines is 1. The number of hydrogen-bond donors (Lipinski definition) is 1. The van der Waals surface area contributed by atoms with Gasteiger partial charge in [0.25, 0.3) is 0 Å². The Labute approximate surface area is 131 Å². The van der Waals surface area contributed by atoms with E-state index in [1.807, 2.05) is 11.8 Å². The van der Waals surface area contributed by atoms with Crippen LogP contribution in [0.2, 0.25) is 0 Å². The molecule has 0 aliphatic carbocycles. The van der Waals surface area contributed by atoms with Crippen LogP contribution in [0, 0.1) is 5.92 Å². The van der Waals surface area contributed by atoms with Gasteiger partial charge < -0.3 is 15.1 Å². The predicted octanol–water partition coefficient (Wildman–Crippen LogP) is 1.99. The molecule has 6 nitrogen and oxygen atoms in total. The SMILES string of the molecule is CCc1ncc(NC(=O)N2CCC(CN3CCCC3)C2)cn1. The number of nitrogens with one attached hydrogen (secondary N) is 1. The summed E-state index contributed by atoms with van der Waals surface area (Å²) in [6.45, 7) is 7.30. The maximum atomic E-state index is 12.3. The van der Waals surface area contributed by atoms with Crippen molar-refractivity contribution < 1.29 is 4.79 Å². The standard InChI is InChI=1S/C16H25N5O/c1-2-15-17-9-14(10-18-15)19-16(22)21-8-5-13(12-21)11-20-6-3-4-7-20/h9-10,13H,2-8,11-12H2,1H3,(H,19,22). The van der Waals surface area contributed by atoms with Crippen LogP contribution in [-0.4, -0.2) is 58.5 Å². The van der Waals surface area contributed by atoms with Crippen LogP contribution in [0.1, 0.15) is 32.0 Å². The lowest BCUT2D eigenvalue weighted by Crippen LogP contribution is -2.34. The first-order valence-electron chi connectivity index (χ1n) is 8.34. The zero-order valence-corrected chi connectivity index (χ0v) is 13.3. The lowest BCUT2D eigenvalue weighted by atomic mass is 10.1. The first-order chi connectivity index (χ1) is 10.7. The molecule has 6 heteroatoms. The fraction of sp³-hybridized carbons (Fsp3) is 0.688. The van der Waals surface area contributed by atoms with E-state index in [9.17, 15) is 4.79 Å². The van der Waals surface area contributed by atoms with Gasteiger partial charge >= 0.3 is 6.03 Å². The second-order valence-corrected chi connectivity index (χ2v) is 6.28. The van der Waals surface area contributed by atoms with Crippen LogP contribution in [0.4, 0.5) is 10.5 Å². The molecule has 3 rings (SSSR count). The Morgan fingerprint density at radius 3 is 2.68 bits per heavy atom. The third-order valence-corrected chi connectivity index (χ3v) is 4.56. The summed E-state index contributed by atoms with van der Waals surface area (Å²) in [6, 6.07) is -0.0308. The van der Waals surface area contributed by atoms with Crippen LogP contribution in [0.25, 0.3) is 0 Å². The Morgan fingerprint density at radius 1 is 1.27 bits per heavy atom. The van der Waals surface area contributed by atoms with E-state index in [0.29, 0.717) is 11.6 Å². The molecule has 0 saturated carbocycles. The minimum atomic E-state index is -0.0308. The highest BCUT2D eigenvalue weighted by atomic mass is 16.2. The van der Waals surface area contributed by atoms with Crippen LogP contribution in [0.3, 0.4) is 0 Å². The molecule has 2 aliphatic heterocycles. The smallest absolute Gasteiger partial charge is 0.321 e. The summed E-state index contributed by atoms with van der Waals surface area (Å²) in [5.74, 6) is 1.41. The lowest BCUT2D eigenvalue weighted by molar-refractivity contribution is 0.217. The van der Waals surface area contributed by atoms with Gasteiger partial charge in [-0.3, -0.25) is 0 Å². The number of aryl methyl sites for hydroxylation is 1. The minimum absolute atomic E-state index is 0.0308. The van der Waals surface area contributed by atoms with Gasteiger partial charge in [-0.25, -0.2) is 14.8 Å². The summed E-state index contributed by atoms with van der Waals surface area (Å²) < 4.78 is 0. The molecule has 0 aromatic carbocycles. The minimum Gasteiger partial charge on any atom is -0.324 e. The average Bonchev–Trinajstić information content (AvgIpc) is 3.20. The van der Waals surface area contributed by atoms with E-state index >= 15 is 0 Å². The molecular weight excluding hydrogens is 278 g/mol. The topological polar surface area (TPSA) is 61.4 Å². The molecule has 120 valence electrons. The highest BCUT2D eigenvalue weighted by Crippen LogP contribution is 2.20. The van der Waals surface area contributed by atoms with Crippen molar-refractivity contribution in [1.29, 1.82) is 0 Å². The van der Waals surface area contributed by atoms with Crippen LogP contribution in [0.15, 0.2) is 12.4 Å². The monoisotopic (exact) mass is 303 g/mol. The Bertz CT molecular complexity index is 498. The largest absolute Gasteiger partial charge is 0.324 e. The van der Waals surface area contributed by atoms with Gasteiger partial charge in [-0.2, -0.15) is 0 Å². The van der Waals surface area contributed by atoms with Gasteiger partial charge in [0.1, 0.15) is 5.82 Å². The fourth-order valence-electron chi connectivity index (χ4n) is 3.30. The molecule has 2 amide bonds. The van der Waals surface area contributed by atoms with E-state index in [1.165, 1.54) is 25.9 Å². The van der Waals surface area contributed by atoms with Crippen molar-refractivity contribution in [2.45, 2.75) is 32.6 Å². The van der Waals surface area contributed by atoms with E-state index < -0.39 is 0 Å². The number of nitrogens with zero attached hydrogens (tertiary/aromatic N) is 4. The van der Waals surface area contributed by atoms with E-state index in [1.54, 1.807) is 12.4 Å². The molecule has 2 aliphatic rings. The molecule has 1 N–H and O–H groups in total. The van der Waals surface area contributed by atoms with E-state index in [2.05, 4.69) is 20.2 Å². The highest BCUT2D eigenvalue weighted by Gasteiger charge is 2.28. The molecule has 1 unspecified atom stereocenters. The van der Waals surface area contributed by atoms with Crippen molar-refractivity contribution in [1.82, 2.24) is 19.8 Å². The Morgan fingerprint density at radius 2 is 2.00 bits per heavy atom. The third kappa shape index (κ3) is 3.74. The Hall–Kier alpha value is -1.69. The van der Waals surface area contributed by atoms with Crippen molar-refractivity contribution in [2.24, 2.45) is 5.92 Å². The lowest BCUT2D eigenvalue weighted by Gasteiger charge is -2.20. The first kappa shape index (κ1) is 15.2. The average molecular weight is 303 g/mol. The van der Waals surface area contributed by atoms with Gasteiger partial charge in [-0.1, -0.05) is 6.92 Å². The summed E-state index contributed by atoms with van der Waals surface area (Å²) >= 11 is 0.